The molecule has 16 heavy (non-hydrogen) atoms. The van der Waals surface area contributed by atoms with Crippen LogP contribution in [0, 0.1) is 0 Å². The van der Waals surface area contributed by atoms with E-state index in [4.69, 9.17) is 5.84 Å². The molecule has 0 fully saturated rings. The van der Waals surface area contributed by atoms with Crippen molar-refractivity contribution in [2.75, 3.05) is 0 Å². The second-order valence-electron chi connectivity index (χ2n) is 4.24. The van der Waals surface area contributed by atoms with E-state index in [-0.39, 0.29) is 5.91 Å². The quantitative estimate of drug-likeness (QED) is 0.475. The standard InChI is InChI=1S/C12H14N2OS/c1-12(2,11(15)14-13)9-7-16-10-6-4-3-5-8(9)10/h3-7H,13H2,1-2H3,(H,14,15). The van der Waals surface area contributed by atoms with Crippen molar-refractivity contribution in [3.8, 4) is 0 Å². The Bertz CT molecular complexity index is 531. The average molecular weight is 234 g/mol. The van der Waals surface area contributed by atoms with Crippen LogP contribution in [0.2, 0.25) is 0 Å². The predicted octanol–water partition coefficient (Wildman–Crippen LogP) is 2.17. The first-order valence-electron chi connectivity index (χ1n) is 5.05. The summed E-state index contributed by atoms with van der Waals surface area (Å²) in [5.74, 6) is 5.04. The van der Waals surface area contributed by atoms with E-state index in [2.05, 4.69) is 11.5 Å². The molecule has 3 N–H and O–H groups in total. The predicted molar refractivity (Wildman–Crippen MR) is 67.2 cm³/mol. The first-order valence-corrected chi connectivity index (χ1v) is 5.93. The Morgan fingerprint density at radius 2 is 2.06 bits per heavy atom. The number of hydrogen-bond donors (Lipinski definition) is 2. The molecule has 0 saturated heterocycles. The summed E-state index contributed by atoms with van der Waals surface area (Å²) in [5.41, 5.74) is 2.65. The molecule has 1 heterocycles. The number of carbonyl (C=O) groups is 1. The lowest BCUT2D eigenvalue weighted by Crippen LogP contribution is -2.43. The first-order chi connectivity index (χ1) is 7.57. The summed E-state index contributed by atoms with van der Waals surface area (Å²) in [6.45, 7) is 3.76. The maximum Gasteiger partial charge on any atom is 0.244 e. The number of fused-ring (bicyclic) bond motifs is 1. The molecule has 0 spiro atoms. The van der Waals surface area contributed by atoms with E-state index < -0.39 is 5.41 Å². The average Bonchev–Trinajstić information content (AvgIpc) is 2.72. The molecule has 1 aromatic heterocycles. The Balaban J connectivity index is 2.59. The van der Waals surface area contributed by atoms with Gasteiger partial charge in [0, 0.05) is 4.70 Å². The summed E-state index contributed by atoms with van der Waals surface area (Å²) in [6.07, 6.45) is 0. The van der Waals surface area contributed by atoms with Gasteiger partial charge in [0.2, 0.25) is 5.91 Å². The number of nitrogens with two attached hydrogens (primary N) is 1. The van der Waals surface area contributed by atoms with Gasteiger partial charge in [-0.1, -0.05) is 18.2 Å². The minimum Gasteiger partial charge on any atom is -0.294 e. The van der Waals surface area contributed by atoms with Crippen molar-refractivity contribution in [2.24, 2.45) is 5.84 Å². The van der Waals surface area contributed by atoms with Crippen molar-refractivity contribution in [2.45, 2.75) is 19.3 Å². The van der Waals surface area contributed by atoms with Gasteiger partial charge in [0.15, 0.2) is 0 Å². The number of carbonyl (C=O) groups excluding carboxylic acids is 1. The fourth-order valence-corrected chi connectivity index (χ4v) is 2.89. The molecule has 2 aromatic rings. The highest BCUT2D eigenvalue weighted by Crippen LogP contribution is 2.34. The minimum atomic E-state index is -0.603. The fraction of sp³-hybridized carbons (Fsp3) is 0.250. The maximum atomic E-state index is 11.7. The third kappa shape index (κ3) is 1.60. The number of nitrogens with one attached hydrogen (secondary N) is 1. The molecule has 0 aliphatic carbocycles. The molecule has 0 aliphatic heterocycles. The van der Waals surface area contributed by atoms with Crippen LogP contribution in [0.15, 0.2) is 29.6 Å². The highest BCUT2D eigenvalue weighted by molar-refractivity contribution is 7.17. The van der Waals surface area contributed by atoms with Crippen LogP contribution in [-0.2, 0) is 10.2 Å². The number of rotatable bonds is 2. The molecule has 0 atom stereocenters. The van der Waals surface area contributed by atoms with Crippen molar-refractivity contribution >= 4 is 27.3 Å². The number of amides is 1. The van der Waals surface area contributed by atoms with E-state index in [1.165, 1.54) is 4.70 Å². The van der Waals surface area contributed by atoms with E-state index in [9.17, 15) is 4.79 Å². The maximum absolute atomic E-state index is 11.7. The van der Waals surface area contributed by atoms with E-state index >= 15 is 0 Å². The van der Waals surface area contributed by atoms with Crippen LogP contribution < -0.4 is 11.3 Å². The molecule has 4 heteroatoms. The monoisotopic (exact) mass is 234 g/mol. The van der Waals surface area contributed by atoms with Gasteiger partial charge in [-0.3, -0.25) is 10.2 Å². The lowest BCUT2D eigenvalue weighted by Gasteiger charge is -2.21. The first kappa shape index (κ1) is 11.1. The number of benzene rings is 1. The molecule has 0 radical (unpaired) electrons. The number of hydrogen-bond acceptors (Lipinski definition) is 3. The molecule has 3 nitrogen and oxygen atoms in total. The second-order valence-corrected chi connectivity index (χ2v) is 5.16. The van der Waals surface area contributed by atoms with Gasteiger partial charge in [-0.15, -0.1) is 11.3 Å². The zero-order chi connectivity index (χ0) is 11.8. The van der Waals surface area contributed by atoms with E-state index in [1.54, 1.807) is 11.3 Å². The number of thiophene rings is 1. The van der Waals surface area contributed by atoms with Crippen LogP contribution in [0.4, 0.5) is 0 Å². The van der Waals surface area contributed by atoms with Crippen molar-refractivity contribution in [1.82, 2.24) is 5.43 Å². The van der Waals surface area contributed by atoms with Gasteiger partial charge in [-0.05, 0) is 36.2 Å². The molecule has 84 valence electrons. The highest BCUT2D eigenvalue weighted by atomic mass is 32.1. The third-order valence-electron chi connectivity index (χ3n) is 2.85. The molecule has 0 aliphatic rings. The van der Waals surface area contributed by atoms with E-state index in [0.29, 0.717) is 0 Å². The largest absolute Gasteiger partial charge is 0.294 e. The molecular formula is C12H14N2OS. The van der Waals surface area contributed by atoms with Crippen LogP contribution in [0.1, 0.15) is 19.4 Å². The van der Waals surface area contributed by atoms with Gasteiger partial charge in [0.25, 0.3) is 0 Å². The normalized spacial score (nSPS) is 11.7. The summed E-state index contributed by atoms with van der Waals surface area (Å²) in [7, 11) is 0. The Hall–Kier alpha value is -1.39. The van der Waals surface area contributed by atoms with Gasteiger partial charge >= 0.3 is 0 Å². The Morgan fingerprint density at radius 1 is 1.38 bits per heavy atom. The second kappa shape index (κ2) is 3.88. The molecule has 0 saturated carbocycles. The topological polar surface area (TPSA) is 55.1 Å². The zero-order valence-electron chi connectivity index (χ0n) is 9.28. The van der Waals surface area contributed by atoms with Gasteiger partial charge in [0.1, 0.15) is 0 Å². The summed E-state index contributed by atoms with van der Waals surface area (Å²) in [4.78, 5) is 11.7. The van der Waals surface area contributed by atoms with Crippen molar-refractivity contribution < 1.29 is 4.79 Å². The van der Waals surface area contributed by atoms with Gasteiger partial charge < -0.3 is 0 Å². The summed E-state index contributed by atoms with van der Waals surface area (Å²) in [6, 6.07) is 8.07. The van der Waals surface area contributed by atoms with Crippen LogP contribution in [0.5, 0.6) is 0 Å². The summed E-state index contributed by atoms with van der Waals surface area (Å²) in [5, 5.41) is 3.15. The third-order valence-corrected chi connectivity index (χ3v) is 3.82. The molecule has 0 bridgehead atoms. The van der Waals surface area contributed by atoms with Crippen LogP contribution >= 0.6 is 11.3 Å². The SMILES string of the molecule is CC(C)(C(=O)NN)c1csc2ccccc12. The Kier molecular flexibility index (Phi) is 2.69. The smallest absolute Gasteiger partial charge is 0.244 e. The fourth-order valence-electron chi connectivity index (χ4n) is 1.76. The summed E-state index contributed by atoms with van der Waals surface area (Å²) < 4.78 is 1.19. The van der Waals surface area contributed by atoms with Crippen LogP contribution in [-0.4, -0.2) is 5.91 Å². The lowest BCUT2D eigenvalue weighted by molar-refractivity contribution is -0.125. The minimum absolute atomic E-state index is 0.170. The van der Waals surface area contributed by atoms with Crippen molar-refractivity contribution in [1.29, 1.82) is 0 Å². The van der Waals surface area contributed by atoms with Gasteiger partial charge in [-0.2, -0.15) is 0 Å². The molecular weight excluding hydrogens is 220 g/mol. The lowest BCUT2D eigenvalue weighted by atomic mass is 9.84. The number of hydrazine groups is 1. The summed E-state index contributed by atoms with van der Waals surface area (Å²) >= 11 is 1.65. The Morgan fingerprint density at radius 3 is 2.75 bits per heavy atom. The highest BCUT2D eigenvalue weighted by Gasteiger charge is 2.31. The van der Waals surface area contributed by atoms with Gasteiger partial charge in [-0.25, -0.2) is 5.84 Å². The van der Waals surface area contributed by atoms with Gasteiger partial charge in [0.05, 0.1) is 5.41 Å². The van der Waals surface area contributed by atoms with E-state index in [1.807, 2.05) is 37.4 Å². The van der Waals surface area contributed by atoms with Crippen LogP contribution in [0.3, 0.4) is 0 Å². The van der Waals surface area contributed by atoms with Crippen LogP contribution in [0.25, 0.3) is 10.1 Å². The molecule has 2 rings (SSSR count). The zero-order valence-corrected chi connectivity index (χ0v) is 10.1. The van der Waals surface area contributed by atoms with E-state index in [0.717, 1.165) is 10.9 Å². The molecule has 0 unspecified atom stereocenters. The van der Waals surface area contributed by atoms with Crippen molar-refractivity contribution in [3.05, 3.63) is 35.2 Å². The molecule has 1 amide bonds. The Labute approximate surface area is 98.2 Å². The van der Waals surface area contributed by atoms with Crippen molar-refractivity contribution in [3.63, 3.8) is 0 Å². The molecule has 1 aromatic carbocycles.